The molecule has 0 fully saturated rings. The minimum Gasteiger partial charge on any atom is -0.481 e. The summed E-state index contributed by atoms with van der Waals surface area (Å²) in [5, 5.41) is 16.9. The lowest BCUT2D eigenvalue weighted by Crippen LogP contribution is -2.05. The fourth-order valence-electron chi connectivity index (χ4n) is 1.42. The molecular weight excluding hydrogens is 184 g/mol. The van der Waals surface area contributed by atoms with Crippen LogP contribution in [0.1, 0.15) is 45.4 Å². The summed E-state index contributed by atoms with van der Waals surface area (Å²) in [6.07, 6.45) is 3.41. The third kappa shape index (κ3) is 7.58. The zero-order chi connectivity index (χ0) is 11.0. The van der Waals surface area contributed by atoms with Gasteiger partial charge in [0.2, 0.25) is 0 Å². The first-order valence-corrected chi connectivity index (χ1v) is 4.99. The van der Waals surface area contributed by atoms with Gasteiger partial charge < -0.3 is 10.2 Å². The fraction of sp³-hybridized carbons (Fsp3) is 0.800. The molecule has 0 amide bonds. The Morgan fingerprint density at radius 2 is 1.64 bits per heavy atom. The SMILES string of the molecule is CCC(CCCC(=O)O)CCC(=O)O. The van der Waals surface area contributed by atoms with Crippen molar-refractivity contribution >= 4 is 11.9 Å². The minimum atomic E-state index is -0.780. The molecule has 82 valence electrons. The van der Waals surface area contributed by atoms with E-state index in [0.717, 1.165) is 12.8 Å². The van der Waals surface area contributed by atoms with E-state index in [1.165, 1.54) is 0 Å². The molecule has 2 N–H and O–H groups in total. The summed E-state index contributed by atoms with van der Waals surface area (Å²) in [6, 6.07) is 0. The van der Waals surface area contributed by atoms with Gasteiger partial charge in [0, 0.05) is 12.8 Å². The molecule has 0 saturated heterocycles. The van der Waals surface area contributed by atoms with Gasteiger partial charge in [-0.15, -0.1) is 0 Å². The van der Waals surface area contributed by atoms with E-state index in [4.69, 9.17) is 10.2 Å². The number of aliphatic carboxylic acids is 2. The van der Waals surface area contributed by atoms with E-state index in [1.54, 1.807) is 0 Å². The van der Waals surface area contributed by atoms with Crippen LogP contribution in [0.3, 0.4) is 0 Å². The van der Waals surface area contributed by atoms with Crippen molar-refractivity contribution in [3.05, 3.63) is 0 Å². The molecule has 0 bridgehead atoms. The highest BCUT2D eigenvalue weighted by atomic mass is 16.4. The largest absolute Gasteiger partial charge is 0.481 e. The van der Waals surface area contributed by atoms with Crippen molar-refractivity contribution in [2.24, 2.45) is 5.92 Å². The normalized spacial score (nSPS) is 12.4. The Kier molecular flexibility index (Phi) is 6.80. The van der Waals surface area contributed by atoms with Crippen LogP contribution in [-0.2, 0) is 9.59 Å². The van der Waals surface area contributed by atoms with Crippen molar-refractivity contribution in [3.8, 4) is 0 Å². The highest BCUT2D eigenvalue weighted by molar-refractivity contribution is 5.67. The molecule has 0 rings (SSSR count). The van der Waals surface area contributed by atoms with E-state index in [-0.39, 0.29) is 12.8 Å². The van der Waals surface area contributed by atoms with E-state index in [1.807, 2.05) is 6.92 Å². The van der Waals surface area contributed by atoms with Crippen LogP contribution in [0, 0.1) is 5.92 Å². The molecule has 4 heteroatoms. The van der Waals surface area contributed by atoms with Crippen molar-refractivity contribution in [2.75, 3.05) is 0 Å². The summed E-state index contributed by atoms with van der Waals surface area (Å²) < 4.78 is 0. The van der Waals surface area contributed by atoms with Crippen LogP contribution in [0.4, 0.5) is 0 Å². The molecule has 4 nitrogen and oxygen atoms in total. The Morgan fingerprint density at radius 1 is 1.07 bits per heavy atom. The van der Waals surface area contributed by atoms with Gasteiger partial charge >= 0.3 is 11.9 Å². The molecule has 0 aliphatic carbocycles. The van der Waals surface area contributed by atoms with Crippen molar-refractivity contribution in [1.82, 2.24) is 0 Å². The molecule has 14 heavy (non-hydrogen) atoms. The highest BCUT2D eigenvalue weighted by Crippen LogP contribution is 2.18. The molecule has 1 unspecified atom stereocenters. The summed E-state index contributed by atoms with van der Waals surface area (Å²) in [6.45, 7) is 2.01. The molecule has 0 aromatic carbocycles. The molecule has 0 heterocycles. The number of hydrogen-bond donors (Lipinski definition) is 2. The smallest absolute Gasteiger partial charge is 0.303 e. The van der Waals surface area contributed by atoms with Gasteiger partial charge in [0.1, 0.15) is 0 Å². The van der Waals surface area contributed by atoms with Crippen LogP contribution in [0.15, 0.2) is 0 Å². The minimum absolute atomic E-state index is 0.184. The Morgan fingerprint density at radius 3 is 2.07 bits per heavy atom. The lowest BCUT2D eigenvalue weighted by molar-refractivity contribution is -0.138. The van der Waals surface area contributed by atoms with Gasteiger partial charge in [-0.05, 0) is 25.2 Å². The number of hydrogen-bond acceptors (Lipinski definition) is 2. The summed E-state index contributed by atoms with van der Waals surface area (Å²) in [5.74, 6) is -1.20. The molecule has 0 spiro atoms. The topological polar surface area (TPSA) is 74.6 Å². The molecule has 0 aromatic heterocycles. The van der Waals surface area contributed by atoms with Crippen LogP contribution in [0.5, 0.6) is 0 Å². The quantitative estimate of drug-likeness (QED) is 0.632. The number of carboxylic acids is 2. The molecule has 0 aliphatic rings. The molecule has 0 aliphatic heterocycles. The van der Waals surface area contributed by atoms with E-state index >= 15 is 0 Å². The first kappa shape index (κ1) is 12.9. The van der Waals surface area contributed by atoms with E-state index in [2.05, 4.69) is 0 Å². The van der Waals surface area contributed by atoms with Gasteiger partial charge in [0.15, 0.2) is 0 Å². The zero-order valence-electron chi connectivity index (χ0n) is 8.53. The third-order valence-corrected chi connectivity index (χ3v) is 2.35. The first-order valence-electron chi connectivity index (χ1n) is 4.99. The first-order chi connectivity index (χ1) is 6.56. The summed E-state index contributed by atoms with van der Waals surface area (Å²) in [7, 11) is 0. The number of carboxylic acid groups (broad SMARTS) is 2. The predicted molar refractivity (Wildman–Crippen MR) is 52.1 cm³/mol. The molecule has 0 aromatic rings. The lowest BCUT2D eigenvalue weighted by atomic mass is 9.94. The Balaban J connectivity index is 3.57. The Bertz CT molecular complexity index is 189. The van der Waals surface area contributed by atoms with E-state index < -0.39 is 11.9 Å². The molecule has 0 radical (unpaired) electrons. The van der Waals surface area contributed by atoms with Crippen LogP contribution >= 0.6 is 0 Å². The summed E-state index contributed by atoms with van der Waals surface area (Å²) in [5.41, 5.74) is 0. The second-order valence-electron chi connectivity index (χ2n) is 3.49. The Hall–Kier alpha value is -1.06. The molecular formula is C10H18O4. The second-order valence-corrected chi connectivity index (χ2v) is 3.49. The van der Waals surface area contributed by atoms with Crippen molar-refractivity contribution < 1.29 is 19.8 Å². The molecule has 1 atom stereocenters. The predicted octanol–water partition coefficient (Wildman–Crippen LogP) is 2.13. The van der Waals surface area contributed by atoms with E-state index in [9.17, 15) is 9.59 Å². The van der Waals surface area contributed by atoms with Crippen LogP contribution in [-0.4, -0.2) is 22.2 Å². The van der Waals surface area contributed by atoms with Crippen molar-refractivity contribution in [2.45, 2.75) is 45.4 Å². The maximum atomic E-state index is 10.3. The maximum absolute atomic E-state index is 10.3. The van der Waals surface area contributed by atoms with Crippen LogP contribution in [0.25, 0.3) is 0 Å². The third-order valence-electron chi connectivity index (χ3n) is 2.35. The van der Waals surface area contributed by atoms with Crippen molar-refractivity contribution in [1.29, 1.82) is 0 Å². The van der Waals surface area contributed by atoms with Gasteiger partial charge in [-0.2, -0.15) is 0 Å². The van der Waals surface area contributed by atoms with Gasteiger partial charge in [-0.25, -0.2) is 0 Å². The Labute approximate surface area is 83.9 Å². The van der Waals surface area contributed by atoms with Crippen molar-refractivity contribution in [3.63, 3.8) is 0 Å². The number of carbonyl (C=O) groups is 2. The van der Waals surface area contributed by atoms with Crippen LogP contribution < -0.4 is 0 Å². The average molecular weight is 202 g/mol. The van der Waals surface area contributed by atoms with Gasteiger partial charge in [-0.1, -0.05) is 13.3 Å². The van der Waals surface area contributed by atoms with E-state index in [0.29, 0.717) is 18.8 Å². The van der Waals surface area contributed by atoms with Gasteiger partial charge in [0.25, 0.3) is 0 Å². The van der Waals surface area contributed by atoms with Crippen LogP contribution in [0.2, 0.25) is 0 Å². The number of rotatable bonds is 8. The average Bonchev–Trinajstić information content (AvgIpc) is 2.10. The summed E-state index contributed by atoms with van der Waals surface area (Å²) in [4.78, 5) is 20.5. The maximum Gasteiger partial charge on any atom is 0.303 e. The highest BCUT2D eigenvalue weighted by Gasteiger charge is 2.09. The van der Waals surface area contributed by atoms with Gasteiger partial charge in [0.05, 0.1) is 0 Å². The standard InChI is InChI=1S/C10H18O4/c1-2-8(6-7-10(13)14)4-3-5-9(11)12/h8H,2-7H2,1H3,(H,11,12)(H,13,14). The molecule has 0 saturated carbocycles. The fourth-order valence-corrected chi connectivity index (χ4v) is 1.42. The zero-order valence-corrected chi connectivity index (χ0v) is 8.53. The lowest BCUT2D eigenvalue weighted by Gasteiger charge is -2.12. The summed E-state index contributed by atoms with van der Waals surface area (Å²) >= 11 is 0. The second kappa shape index (κ2) is 7.35. The monoisotopic (exact) mass is 202 g/mol. The van der Waals surface area contributed by atoms with Gasteiger partial charge in [-0.3, -0.25) is 9.59 Å².